The van der Waals surface area contributed by atoms with Crippen molar-refractivity contribution in [2.75, 3.05) is 0 Å². The van der Waals surface area contributed by atoms with Gasteiger partial charge in [0.2, 0.25) is 11.8 Å². The summed E-state index contributed by atoms with van der Waals surface area (Å²) in [7, 11) is 0. The molecule has 4 heteroatoms. The summed E-state index contributed by atoms with van der Waals surface area (Å²) < 4.78 is 0. The summed E-state index contributed by atoms with van der Waals surface area (Å²) in [6.07, 6.45) is 0.864. The summed E-state index contributed by atoms with van der Waals surface area (Å²) in [5.41, 5.74) is 3.22. The van der Waals surface area contributed by atoms with E-state index in [1.54, 1.807) is 4.90 Å². The van der Waals surface area contributed by atoms with Gasteiger partial charge in [0.25, 0.3) is 0 Å². The first-order chi connectivity index (χ1) is 12.9. The fraction of sp³-hybridized carbons (Fsp3) is 0.391. The molecule has 0 aromatic heterocycles. The molecule has 2 amide bonds. The molecule has 0 unspecified atom stereocenters. The van der Waals surface area contributed by atoms with Gasteiger partial charge in [-0.2, -0.15) is 0 Å². The Kier molecular flexibility index (Phi) is 7.59. The lowest BCUT2D eigenvalue weighted by atomic mass is 10.0. The average molecular weight is 367 g/mol. The molecule has 0 aliphatic carbocycles. The summed E-state index contributed by atoms with van der Waals surface area (Å²) >= 11 is 0. The minimum Gasteiger partial charge on any atom is -0.352 e. The Labute approximate surface area is 162 Å². The van der Waals surface area contributed by atoms with E-state index in [0.717, 1.165) is 16.7 Å². The van der Waals surface area contributed by atoms with E-state index in [-0.39, 0.29) is 17.9 Å². The molecule has 0 bridgehead atoms. The number of amides is 2. The standard InChI is InChI=1S/C23H30N2O2/c1-5-22(26)25(16-20-13-9-10-18(4)14-20)21(23(27)24-17(2)3)15-19-11-7-6-8-12-19/h6-14,17,21H,5,15-16H2,1-4H3,(H,24,27)/t21-/m1/s1. The van der Waals surface area contributed by atoms with E-state index in [1.807, 2.05) is 76.2 Å². The predicted octanol–water partition coefficient (Wildman–Crippen LogP) is 3.87. The van der Waals surface area contributed by atoms with Crippen molar-refractivity contribution in [1.29, 1.82) is 0 Å². The second kappa shape index (κ2) is 9.91. The highest BCUT2D eigenvalue weighted by Gasteiger charge is 2.29. The Morgan fingerprint density at radius 3 is 2.26 bits per heavy atom. The molecule has 1 atom stereocenters. The van der Waals surface area contributed by atoms with E-state index in [9.17, 15) is 9.59 Å². The summed E-state index contributed by atoms with van der Waals surface area (Å²) in [6.45, 7) is 8.17. The van der Waals surface area contributed by atoms with Crippen LogP contribution in [0.4, 0.5) is 0 Å². The molecule has 0 saturated heterocycles. The second-order valence-electron chi connectivity index (χ2n) is 7.23. The van der Waals surface area contributed by atoms with Crippen LogP contribution in [-0.2, 0) is 22.6 Å². The molecule has 0 aliphatic rings. The van der Waals surface area contributed by atoms with Crippen molar-refractivity contribution in [3.8, 4) is 0 Å². The van der Waals surface area contributed by atoms with Crippen molar-refractivity contribution in [1.82, 2.24) is 10.2 Å². The molecule has 2 aromatic carbocycles. The molecule has 0 spiro atoms. The highest BCUT2D eigenvalue weighted by Crippen LogP contribution is 2.16. The van der Waals surface area contributed by atoms with E-state index in [2.05, 4.69) is 11.4 Å². The molecule has 144 valence electrons. The molecule has 2 rings (SSSR count). The van der Waals surface area contributed by atoms with Gasteiger partial charge in [0.15, 0.2) is 0 Å². The zero-order valence-corrected chi connectivity index (χ0v) is 16.7. The quantitative estimate of drug-likeness (QED) is 0.771. The summed E-state index contributed by atoms with van der Waals surface area (Å²) in [6, 6.07) is 17.4. The number of nitrogens with one attached hydrogen (secondary N) is 1. The molecule has 2 aromatic rings. The van der Waals surface area contributed by atoms with Crippen LogP contribution in [0, 0.1) is 6.92 Å². The first-order valence-corrected chi connectivity index (χ1v) is 9.60. The third kappa shape index (κ3) is 6.24. The van der Waals surface area contributed by atoms with Gasteiger partial charge in [-0.25, -0.2) is 0 Å². The van der Waals surface area contributed by atoms with Crippen LogP contribution in [0.15, 0.2) is 54.6 Å². The zero-order valence-electron chi connectivity index (χ0n) is 16.7. The Balaban J connectivity index is 2.35. The number of rotatable bonds is 8. The number of carbonyl (C=O) groups is 2. The van der Waals surface area contributed by atoms with Crippen LogP contribution >= 0.6 is 0 Å². The van der Waals surface area contributed by atoms with Crippen molar-refractivity contribution in [2.45, 2.75) is 59.2 Å². The van der Waals surface area contributed by atoms with Gasteiger partial charge < -0.3 is 10.2 Å². The van der Waals surface area contributed by atoms with Crippen LogP contribution in [0.3, 0.4) is 0 Å². The maximum atomic E-state index is 13.0. The fourth-order valence-electron chi connectivity index (χ4n) is 3.14. The van der Waals surface area contributed by atoms with Crippen molar-refractivity contribution >= 4 is 11.8 Å². The van der Waals surface area contributed by atoms with Gasteiger partial charge in [0.05, 0.1) is 0 Å². The summed E-state index contributed by atoms with van der Waals surface area (Å²) in [4.78, 5) is 27.5. The Bertz CT molecular complexity index is 756. The highest BCUT2D eigenvalue weighted by atomic mass is 16.2. The highest BCUT2D eigenvalue weighted by molar-refractivity contribution is 5.88. The molecular weight excluding hydrogens is 336 g/mol. The number of aryl methyl sites for hydroxylation is 1. The Morgan fingerprint density at radius 2 is 1.67 bits per heavy atom. The smallest absolute Gasteiger partial charge is 0.243 e. The van der Waals surface area contributed by atoms with Crippen molar-refractivity contribution in [2.24, 2.45) is 0 Å². The maximum Gasteiger partial charge on any atom is 0.243 e. The number of carbonyl (C=O) groups excluding carboxylic acids is 2. The van der Waals surface area contributed by atoms with E-state index in [1.165, 1.54) is 0 Å². The topological polar surface area (TPSA) is 49.4 Å². The molecule has 0 aliphatic heterocycles. The summed E-state index contributed by atoms with van der Waals surface area (Å²) in [5, 5.41) is 2.99. The van der Waals surface area contributed by atoms with Crippen LogP contribution in [0.25, 0.3) is 0 Å². The fourth-order valence-corrected chi connectivity index (χ4v) is 3.14. The van der Waals surface area contributed by atoms with Gasteiger partial charge in [0, 0.05) is 25.4 Å². The number of benzene rings is 2. The van der Waals surface area contributed by atoms with Gasteiger partial charge in [-0.3, -0.25) is 9.59 Å². The number of hydrogen-bond donors (Lipinski definition) is 1. The molecule has 0 radical (unpaired) electrons. The zero-order chi connectivity index (χ0) is 19.8. The third-order valence-electron chi connectivity index (χ3n) is 4.44. The van der Waals surface area contributed by atoms with Crippen LogP contribution in [-0.4, -0.2) is 28.8 Å². The SMILES string of the molecule is CCC(=O)N(Cc1cccc(C)c1)[C@H](Cc1ccccc1)C(=O)NC(C)C. The van der Waals surface area contributed by atoms with E-state index >= 15 is 0 Å². The minimum atomic E-state index is -0.539. The molecule has 27 heavy (non-hydrogen) atoms. The maximum absolute atomic E-state index is 13.0. The van der Waals surface area contributed by atoms with Gasteiger partial charge in [-0.05, 0) is 31.9 Å². The third-order valence-corrected chi connectivity index (χ3v) is 4.44. The van der Waals surface area contributed by atoms with Crippen LogP contribution in [0.5, 0.6) is 0 Å². The minimum absolute atomic E-state index is 0.0173. The number of hydrogen-bond acceptors (Lipinski definition) is 2. The lowest BCUT2D eigenvalue weighted by molar-refractivity contribution is -0.141. The lowest BCUT2D eigenvalue weighted by Gasteiger charge is -2.32. The van der Waals surface area contributed by atoms with Crippen LogP contribution in [0.2, 0.25) is 0 Å². The lowest BCUT2D eigenvalue weighted by Crippen LogP contribution is -2.51. The molecule has 0 heterocycles. The van der Waals surface area contributed by atoms with Gasteiger partial charge in [-0.15, -0.1) is 0 Å². The molecule has 4 nitrogen and oxygen atoms in total. The number of nitrogens with zero attached hydrogens (tertiary/aromatic N) is 1. The predicted molar refractivity (Wildman–Crippen MR) is 109 cm³/mol. The van der Waals surface area contributed by atoms with E-state index in [4.69, 9.17) is 0 Å². The first kappa shape index (κ1) is 20.7. The Hall–Kier alpha value is -2.62. The molecule has 0 saturated carbocycles. The van der Waals surface area contributed by atoms with Crippen LogP contribution < -0.4 is 5.32 Å². The molecular formula is C23H30N2O2. The molecule has 1 N–H and O–H groups in total. The van der Waals surface area contributed by atoms with E-state index < -0.39 is 6.04 Å². The van der Waals surface area contributed by atoms with Crippen molar-refractivity contribution in [3.63, 3.8) is 0 Å². The van der Waals surface area contributed by atoms with Crippen molar-refractivity contribution < 1.29 is 9.59 Å². The normalized spacial score (nSPS) is 11.9. The summed E-state index contributed by atoms with van der Waals surface area (Å²) in [5.74, 6) is -0.125. The van der Waals surface area contributed by atoms with Gasteiger partial charge >= 0.3 is 0 Å². The van der Waals surface area contributed by atoms with Crippen molar-refractivity contribution in [3.05, 3.63) is 71.3 Å². The Morgan fingerprint density at radius 1 is 1.00 bits per heavy atom. The largest absolute Gasteiger partial charge is 0.352 e. The first-order valence-electron chi connectivity index (χ1n) is 9.60. The van der Waals surface area contributed by atoms with Gasteiger partial charge in [-0.1, -0.05) is 67.1 Å². The monoisotopic (exact) mass is 366 g/mol. The second-order valence-corrected chi connectivity index (χ2v) is 7.23. The molecule has 0 fully saturated rings. The average Bonchev–Trinajstić information content (AvgIpc) is 2.64. The van der Waals surface area contributed by atoms with E-state index in [0.29, 0.717) is 19.4 Å². The van der Waals surface area contributed by atoms with Gasteiger partial charge in [0.1, 0.15) is 6.04 Å². The van der Waals surface area contributed by atoms with Crippen LogP contribution in [0.1, 0.15) is 43.9 Å².